The van der Waals surface area contributed by atoms with Gasteiger partial charge in [0.25, 0.3) is 0 Å². The minimum absolute atomic E-state index is 0. The van der Waals surface area contributed by atoms with Crippen molar-refractivity contribution >= 4 is 35.4 Å². The van der Waals surface area contributed by atoms with Crippen LogP contribution >= 0.6 is 0 Å². The molecule has 2 aromatic heterocycles. The standard InChI is InChI=1S/C18H12N2.C10H13.2CHO.Mo/c1-3-7-15-13(5-1)9-11-17(19-15)18-12-10-14-6-2-4-8-16(14)20-18;1-8-6-7-9-4-2-3-5-10(8)9;2*1-2;/h1-12H;2-5,9-10H,6-7H2,1H3;2*1H;/q;3*-1;+3/t;9?,10-;;;/m.0.../s1. The van der Waals surface area contributed by atoms with E-state index < -0.39 is 0 Å². The molecule has 2 heterocycles. The van der Waals surface area contributed by atoms with E-state index in [2.05, 4.69) is 79.0 Å². The summed E-state index contributed by atoms with van der Waals surface area (Å²) >= 11 is 0. The molecule has 0 amide bonds. The van der Waals surface area contributed by atoms with Crippen molar-refractivity contribution in [2.45, 2.75) is 19.8 Å². The van der Waals surface area contributed by atoms with Crippen LogP contribution in [0.2, 0.25) is 0 Å². The van der Waals surface area contributed by atoms with Crippen molar-refractivity contribution in [3.8, 4) is 11.4 Å². The van der Waals surface area contributed by atoms with Crippen molar-refractivity contribution in [2.24, 2.45) is 11.8 Å². The third-order valence-corrected chi connectivity index (χ3v) is 6.15. The van der Waals surface area contributed by atoms with Crippen LogP contribution in [0.1, 0.15) is 19.8 Å². The molecule has 2 aliphatic rings. The Morgan fingerprint density at radius 3 is 1.71 bits per heavy atom. The Kier molecular flexibility index (Phi) is 11.4. The topological polar surface area (TPSA) is 59.9 Å². The van der Waals surface area contributed by atoms with Crippen molar-refractivity contribution in [2.75, 3.05) is 0 Å². The Labute approximate surface area is 221 Å². The third-order valence-electron chi connectivity index (χ3n) is 6.15. The van der Waals surface area contributed by atoms with Gasteiger partial charge in [0.05, 0.1) is 22.4 Å². The van der Waals surface area contributed by atoms with E-state index in [0.29, 0.717) is 0 Å². The molecule has 0 saturated heterocycles. The Bertz CT molecular complexity index is 1210. The van der Waals surface area contributed by atoms with E-state index in [1.54, 1.807) is 5.92 Å². The zero-order chi connectivity index (χ0) is 24.3. The molecular weight excluding hydrogens is 516 g/mol. The Morgan fingerprint density at radius 2 is 1.20 bits per heavy atom. The summed E-state index contributed by atoms with van der Waals surface area (Å²) in [5, 5.41) is 2.30. The van der Waals surface area contributed by atoms with E-state index >= 15 is 0 Å². The number of allylic oxidation sites excluding steroid dienone is 4. The summed E-state index contributed by atoms with van der Waals surface area (Å²) in [4.78, 5) is 24.9. The molecule has 4 aromatic rings. The maximum Gasteiger partial charge on any atom is 3.00 e. The summed E-state index contributed by atoms with van der Waals surface area (Å²) < 4.78 is 0. The van der Waals surface area contributed by atoms with Gasteiger partial charge in [0.15, 0.2) is 0 Å². The van der Waals surface area contributed by atoms with Crippen molar-refractivity contribution < 1.29 is 30.7 Å². The van der Waals surface area contributed by atoms with Gasteiger partial charge in [-0.25, -0.2) is 9.97 Å². The summed E-state index contributed by atoms with van der Waals surface area (Å²) in [7, 11) is 0. The van der Waals surface area contributed by atoms with Gasteiger partial charge in [-0.05, 0) is 30.2 Å². The van der Waals surface area contributed by atoms with Crippen LogP contribution in [0.25, 0.3) is 33.2 Å². The second-order valence-electron chi connectivity index (χ2n) is 8.12. The molecule has 175 valence electrons. The largest absolute Gasteiger partial charge is 3.00 e. The Hall–Kier alpha value is -3.23. The molecular formula is C30H27MoN2O2. The summed E-state index contributed by atoms with van der Waals surface area (Å²) in [6, 6.07) is 24.5. The number of pyridine rings is 2. The number of nitrogens with zero attached hydrogens (tertiary/aromatic N) is 2. The first-order valence-corrected chi connectivity index (χ1v) is 11.1. The minimum Gasteiger partial charge on any atom is -0.545 e. The van der Waals surface area contributed by atoms with Crippen LogP contribution in [-0.2, 0) is 30.7 Å². The number of rotatable bonds is 1. The normalized spacial score (nSPS) is 17.5. The SMILES string of the molecule is C[C-]1CCC2C=CC=C[C@@H]12.[CH-]=O.[CH-]=O.[Mo+3].c1ccc2nc(-c3ccc4ccccc4n3)ccc2c1. The predicted octanol–water partition coefficient (Wildman–Crippen LogP) is 6.63. The minimum atomic E-state index is 0. The van der Waals surface area contributed by atoms with Gasteiger partial charge in [0.2, 0.25) is 0 Å². The fourth-order valence-corrected chi connectivity index (χ4v) is 4.44. The molecule has 5 heteroatoms. The van der Waals surface area contributed by atoms with Gasteiger partial charge < -0.3 is 15.5 Å². The third kappa shape index (κ3) is 6.90. The molecule has 0 bridgehead atoms. The van der Waals surface area contributed by atoms with E-state index in [9.17, 15) is 0 Å². The first-order valence-electron chi connectivity index (χ1n) is 11.1. The molecule has 2 atom stereocenters. The smallest absolute Gasteiger partial charge is 0.545 e. The van der Waals surface area contributed by atoms with E-state index in [1.165, 1.54) is 12.8 Å². The second kappa shape index (κ2) is 14.2. The Morgan fingerprint density at radius 1 is 0.714 bits per heavy atom. The van der Waals surface area contributed by atoms with Crippen LogP contribution in [-0.4, -0.2) is 23.5 Å². The molecule has 35 heavy (non-hydrogen) atoms. The molecule has 4 nitrogen and oxygen atoms in total. The zero-order valence-electron chi connectivity index (χ0n) is 19.6. The number of carbonyl (C=O) groups excluding carboxylic acids is 2. The van der Waals surface area contributed by atoms with Gasteiger partial charge in [0.1, 0.15) is 0 Å². The van der Waals surface area contributed by atoms with Gasteiger partial charge in [0, 0.05) is 10.8 Å². The monoisotopic (exact) mass is 545 g/mol. The zero-order valence-corrected chi connectivity index (χ0v) is 21.6. The van der Waals surface area contributed by atoms with Crippen molar-refractivity contribution in [3.63, 3.8) is 0 Å². The average molecular weight is 543 g/mol. The molecule has 1 radical (unpaired) electrons. The summed E-state index contributed by atoms with van der Waals surface area (Å²) in [5.74, 6) is 3.29. The van der Waals surface area contributed by atoms with Crippen LogP contribution in [0, 0.1) is 17.8 Å². The second-order valence-corrected chi connectivity index (χ2v) is 8.12. The molecule has 0 aliphatic heterocycles. The fraction of sp³-hybridized carbons (Fsp3) is 0.167. The number of fused-ring (bicyclic) bond motifs is 3. The molecule has 0 spiro atoms. The van der Waals surface area contributed by atoms with Gasteiger partial charge in [-0.1, -0.05) is 73.2 Å². The number of benzene rings is 2. The van der Waals surface area contributed by atoms with E-state index in [-0.39, 0.29) is 21.1 Å². The summed E-state index contributed by atoms with van der Waals surface area (Å²) in [6.45, 7) is 8.79. The van der Waals surface area contributed by atoms with Gasteiger partial charge in [-0.15, -0.1) is 12.0 Å². The first-order chi connectivity index (χ1) is 16.8. The number of aromatic nitrogens is 2. The number of hydrogen-bond donors (Lipinski definition) is 0. The summed E-state index contributed by atoms with van der Waals surface area (Å²) in [5.41, 5.74) is 3.82. The van der Waals surface area contributed by atoms with Gasteiger partial charge in [-0.2, -0.15) is 13.3 Å². The van der Waals surface area contributed by atoms with Crippen LogP contribution in [0.5, 0.6) is 0 Å². The van der Waals surface area contributed by atoms with E-state index in [4.69, 9.17) is 9.59 Å². The maximum atomic E-state index is 7.75. The molecule has 2 aliphatic carbocycles. The first kappa shape index (κ1) is 28.0. The molecule has 1 fully saturated rings. The van der Waals surface area contributed by atoms with Gasteiger partial charge in [-0.3, -0.25) is 13.6 Å². The molecule has 1 saturated carbocycles. The average Bonchev–Trinajstić information content (AvgIpc) is 3.31. The molecule has 0 N–H and O–H groups in total. The summed E-state index contributed by atoms with van der Waals surface area (Å²) in [6.07, 6.45) is 11.8. The van der Waals surface area contributed by atoms with E-state index in [1.807, 2.05) is 48.5 Å². The fourth-order valence-electron chi connectivity index (χ4n) is 4.44. The number of para-hydroxylation sites is 2. The van der Waals surface area contributed by atoms with Gasteiger partial charge >= 0.3 is 21.1 Å². The maximum absolute atomic E-state index is 7.75. The van der Waals surface area contributed by atoms with Crippen molar-refractivity contribution in [1.82, 2.24) is 9.97 Å². The molecule has 6 rings (SSSR count). The van der Waals surface area contributed by atoms with Crippen molar-refractivity contribution in [1.29, 1.82) is 0 Å². The van der Waals surface area contributed by atoms with Crippen LogP contribution in [0.15, 0.2) is 97.1 Å². The predicted molar refractivity (Wildman–Crippen MR) is 139 cm³/mol. The van der Waals surface area contributed by atoms with E-state index in [0.717, 1.165) is 45.0 Å². The quantitative estimate of drug-likeness (QED) is 0.154. The number of hydrogen-bond acceptors (Lipinski definition) is 4. The van der Waals surface area contributed by atoms with Crippen molar-refractivity contribution in [3.05, 3.63) is 103 Å². The van der Waals surface area contributed by atoms with Crippen LogP contribution in [0.4, 0.5) is 0 Å². The molecule has 1 unspecified atom stereocenters. The molecule has 2 aromatic carbocycles. The Balaban J connectivity index is 0.000000244. The van der Waals surface area contributed by atoms with Crippen LogP contribution < -0.4 is 0 Å². The van der Waals surface area contributed by atoms with Crippen LogP contribution in [0.3, 0.4) is 0 Å².